The number of nitrogens with two attached hydrogens (primary N) is 1. The zero-order valence-corrected chi connectivity index (χ0v) is 12.3. The molecule has 0 unspecified atom stereocenters. The van der Waals surface area contributed by atoms with Gasteiger partial charge in [-0.3, -0.25) is 0 Å². The Hall–Kier alpha value is -0.890. The van der Waals surface area contributed by atoms with Gasteiger partial charge in [-0.15, -0.1) is 0 Å². The first-order valence-corrected chi connectivity index (χ1v) is 7.78. The van der Waals surface area contributed by atoms with Crippen molar-refractivity contribution < 1.29 is 8.42 Å². The van der Waals surface area contributed by atoms with Crippen LogP contribution in [0.15, 0.2) is 17.2 Å². The molecule has 1 aromatic rings. The maximum Gasteiger partial charge on any atom is 0.242 e. The molecular formula is C11H17ClN4O2S. The molecule has 1 heterocycles. The van der Waals surface area contributed by atoms with Crippen LogP contribution >= 0.6 is 11.6 Å². The fourth-order valence-corrected chi connectivity index (χ4v) is 3.69. The summed E-state index contributed by atoms with van der Waals surface area (Å²) in [5.41, 5.74) is 1.83. The van der Waals surface area contributed by atoms with Gasteiger partial charge in [0.15, 0.2) is 5.82 Å². The number of aromatic nitrogens is 1. The summed E-state index contributed by atoms with van der Waals surface area (Å²) < 4.78 is 27.2. The fourth-order valence-electron chi connectivity index (χ4n) is 1.97. The van der Waals surface area contributed by atoms with E-state index in [0.717, 1.165) is 12.8 Å². The van der Waals surface area contributed by atoms with Gasteiger partial charge in [0, 0.05) is 11.7 Å². The maximum atomic E-state index is 12.3. The lowest BCUT2D eigenvalue weighted by Crippen LogP contribution is -2.45. The lowest BCUT2D eigenvalue weighted by Gasteiger charge is -2.25. The van der Waals surface area contributed by atoms with Crippen molar-refractivity contribution in [1.82, 2.24) is 9.71 Å². The zero-order chi connectivity index (χ0) is 14.3. The number of hydrogen-bond acceptors (Lipinski definition) is 5. The summed E-state index contributed by atoms with van der Waals surface area (Å²) in [6, 6.07) is 1.33. The first-order chi connectivity index (χ1) is 8.76. The number of nitrogen functional groups attached to an aromatic ring is 1. The van der Waals surface area contributed by atoms with E-state index < -0.39 is 15.6 Å². The van der Waals surface area contributed by atoms with Crippen molar-refractivity contribution in [2.75, 3.05) is 5.43 Å². The minimum Gasteiger partial charge on any atom is -0.307 e. The van der Waals surface area contributed by atoms with Gasteiger partial charge in [-0.1, -0.05) is 11.6 Å². The van der Waals surface area contributed by atoms with Gasteiger partial charge in [0.25, 0.3) is 0 Å². The molecule has 0 radical (unpaired) electrons. The van der Waals surface area contributed by atoms with Gasteiger partial charge in [0.2, 0.25) is 10.0 Å². The molecule has 1 aliphatic carbocycles. The average molecular weight is 305 g/mol. The molecular weight excluding hydrogens is 288 g/mol. The summed E-state index contributed by atoms with van der Waals surface area (Å²) in [6.45, 7) is 3.76. The van der Waals surface area contributed by atoms with Gasteiger partial charge in [-0.25, -0.2) is 24.0 Å². The van der Waals surface area contributed by atoms with E-state index in [1.165, 1.54) is 12.3 Å². The number of nitrogens with zero attached hydrogens (tertiary/aromatic N) is 1. The fraction of sp³-hybridized carbons (Fsp3) is 0.545. The molecule has 1 aliphatic rings. The molecule has 19 heavy (non-hydrogen) atoms. The standard InChI is InChI=1S/C11H17ClN4O2S/c1-11(2,7-3-4-7)16-19(17,18)8-5-9(12)10(15-13)14-6-8/h5-7,16H,3-4,13H2,1-2H3,(H,14,15). The van der Waals surface area contributed by atoms with E-state index in [4.69, 9.17) is 17.4 Å². The summed E-state index contributed by atoms with van der Waals surface area (Å²) in [5.74, 6) is 5.82. The normalized spacial score (nSPS) is 16.4. The van der Waals surface area contributed by atoms with Crippen LogP contribution in [-0.4, -0.2) is 18.9 Å². The molecule has 0 saturated heterocycles. The summed E-state index contributed by atoms with van der Waals surface area (Å²) in [7, 11) is -3.64. The number of anilines is 1. The summed E-state index contributed by atoms with van der Waals surface area (Å²) in [5, 5.41) is 0.162. The van der Waals surface area contributed by atoms with Crippen molar-refractivity contribution in [3.63, 3.8) is 0 Å². The third kappa shape index (κ3) is 3.17. The van der Waals surface area contributed by atoms with Crippen LogP contribution in [0.3, 0.4) is 0 Å². The van der Waals surface area contributed by atoms with E-state index in [1.807, 2.05) is 13.8 Å². The molecule has 0 spiro atoms. The van der Waals surface area contributed by atoms with Gasteiger partial charge >= 0.3 is 0 Å². The molecule has 6 nitrogen and oxygen atoms in total. The molecule has 1 aromatic heterocycles. The van der Waals surface area contributed by atoms with Crippen LogP contribution in [0.4, 0.5) is 5.82 Å². The highest BCUT2D eigenvalue weighted by Gasteiger charge is 2.40. The lowest BCUT2D eigenvalue weighted by atomic mass is 10.0. The smallest absolute Gasteiger partial charge is 0.242 e. The Bertz CT molecular complexity index is 584. The number of nitrogens with one attached hydrogen (secondary N) is 2. The molecule has 0 atom stereocenters. The first kappa shape index (κ1) is 14.5. The molecule has 2 rings (SSSR count). The summed E-state index contributed by atoms with van der Waals surface area (Å²) >= 11 is 5.88. The van der Waals surface area contributed by atoms with Gasteiger partial charge in [-0.2, -0.15) is 0 Å². The van der Waals surface area contributed by atoms with Crippen LogP contribution in [0.5, 0.6) is 0 Å². The Morgan fingerprint density at radius 2 is 2.11 bits per heavy atom. The van der Waals surface area contributed by atoms with Crippen molar-refractivity contribution in [3.05, 3.63) is 17.3 Å². The second-order valence-electron chi connectivity index (χ2n) is 5.25. The Morgan fingerprint density at radius 3 is 2.58 bits per heavy atom. The first-order valence-electron chi connectivity index (χ1n) is 5.92. The number of sulfonamides is 1. The maximum absolute atomic E-state index is 12.3. The largest absolute Gasteiger partial charge is 0.307 e. The van der Waals surface area contributed by atoms with Crippen LogP contribution in [0.25, 0.3) is 0 Å². The molecule has 1 saturated carbocycles. The van der Waals surface area contributed by atoms with Crippen LogP contribution < -0.4 is 16.0 Å². The van der Waals surface area contributed by atoms with E-state index in [-0.39, 0.29) is 15.7 Å². The average Bonchev–Trinajstić information content (AvgIpc) is 3.11. The van der Waals surface area contributed by atoms with Crippen LogP contribution in [0, 0.1) is 5.92 Å². The zero-order valence-electron chi connectivity index (χ0n) is 10.8. The van der Waals surface area contributed by atoms with E-state index in [2.05, 4.69) is 15.1 Å². The van der Waals surface area contributed by atoms with Crippen molar-refractivity contribution in [3.8, 4) is 0 Å². The minimum atomic E-state index is -3.64. The quantitative estimate of drug-likeness (QED) is 0.565. The van der Waals surface area contributed by atoms with Crippen molar-refractivity contribution in [1.29, 1.82) is 0 Å². The molecule has 1 fully saturated rings. The number of pyridine rings is 1. The van der Waals surface area contributed by atoms with Gasteiger partial charge in [0.1, 0.15) is 4.90 Å². The second kappa shape index (κ2) is 4.90. The molecule has 0 aromatic carbocycles. The molecule has 106 valence electrons. The number of hydrazine groups is 1. The Balaban J connectivity index is 2.26. The highest BCUT2D eigenvalue weighted by atomic mass is 35.5. The Kier molecular flexibility index (Phi) is 3.74. The highest BCUT2D eigenvalue weighted by Crippen LogP contribution is 2.40. The van der Waals surface area contributed by atoms with E-state index >= 15 is 0 Å². The van der Waals surface area contributed by atoms with Crippen molar-refractivity contribution in [2.45, 2.75) is 37.1 Å². The van der Waals surface area contributed by atoms with Gasteiger partial charge in [-0.05, 0) is 38.7 Å². The van der Waals surface area contributed by atoms with Crippen LogP contribution in [0.1, 0.15) is 26.7 Å². The monoisotopic (exact) mass is 304 g/mol. The highest BCUT2D eigenvalue weighted by molar-refractivity contribution is 7.89. The summed E-state index contributed by atoms with van der Waals surface area (Å²) in [6.07, 6.45) is 3.32. The third-order valence-corrected chi connectivity index (χ3v) is 5.19. The van der Waals surface area contributed by atoms with E-state index in [9.17, 15) is 8.42 Å². The Labute approximate surface area is 117 Å². The molecule has 0 aliphatic heterocycles. The van der Waals surface area contributed by atoms with Crippen molar-refractivity contribution >= 4 is 27.4 Å². The number of hydrogen-bond donors (Lipinski definition) is 3. The second-order valence-corrected chi connectivity index (χ2v) is 7.34. The van der Waals surface area contributed by atoms with Crippen LogP contribution in [-0.2, 0) is 10.0 Å². The molecule has 4 N–H and O–H groups in total. The topological polar surface area (TPSA) is 97.1 Å². The Morgan fingerprint density at radius 1 is 1.47 bits per heavy atom. The number of rotatable bonds is 5. The van der Waals surface area contributed by atoms with Gasteiger partial charge < -0.3 is 5.43 Å². The van der Waals surface area contributed by atoms with Crippen LogP contribution in [0.2, 0.25) is 5.02 Å². The number of halogens is 1. The molecule has 8 heteroatoms. The molecule has 0 bridgehead atoms. The minimum absolute atomic E-state index is 0.0326. The van der Waals surface area contributed by atoms with E-state index in [1.54, 1.807) is 0 Å². The lowest BCUT2D eigenvalue weighted by molar-refractivity contribution is 0.400. The SMILES string of the molecule is CC(C)(NS(=O)(=O)c1cnc(NN)c(Cl)c1)C1CC1. The predicted molar refractivity (Wildman–Crippen MR) is 74.2 cm³/mol. The van der Waals surface area contributed by atoms with E-state index in [0.29, 0.717) is 5.92 Å². The van der Waals surface area contributed by atoms with Gasteiger partial charge in [0.05, 0.1) is 5.02 Å². The molecule has 0 amide bonds. The van der Waals surface area contributed by atoms with Crippen molar-refractivity contribution in [2.24, 2.45) is 11.8 Å². The predicted octanol–water partition coefficient (Wildman–Crippen LogP) is 1.49. The third-order valence-electron chi connectivity index (χ3n) is 3.26. The summed E-state index contributed by atoms with van der Waals surface area (Å²) in [4.78, 5) is 3.90.